The van der Waals surface area contributed by atoms with E-state index < -0.39 is 30.3 Å². The molecule has 140 valence electrons. The van der Waals surface area contributed by atoms with Crippen LogP contribution in [-0.2, 0) is 9.31 Å². The Balaban J connectivity index is 2.51. The monoisotopic (exact) mass is 361 g/mol. The number of benzene rings is 1. The molecule has 8 heteroatoms. The van der Waals surface area contributed by atoms with Crippen LogP contribution in [-0.4, -0.2) is 54.1 Å². The maximum atomic E-state index is 11.5. The van der Waals surface area contributed by atoms with Crippen molar-refractivity contribution in [3.63, 3.8) is 0 Å². The van der Waals surface area contributed by atoms with Crippen LogP contribution in [0.1, 0.15) is 54.0 Å². The summed E-state index contributed by atoms with van der Waals surface area (Å²) in [6.45, 7) is 8.11. The molecule has 1 heterocycles. The van der Waals surface area contributed by atoms with Crippen molar-refractivity contribution < 1.29 is 29.1 Å². The van der Waals surface area contributed by atoms with Crippen molar-refractivity contribution >= 4 is 25.1 Å². The van der Waals surface area contributed by atoms with Crippen LogP contribution in [0.3, 0.4) is 0 Å². The quantitative estimate of drug-likeness (QED) is 0.668. The van der Waals surface area contributed by atoms with Crippen LogP contribution in [0.15, 0.2) is 23.7 Å². The fraction of sp³-hybridized carbons (Fsp3) is 0.444. The van der Waals surface area contributed by atoms with Gasteiger partial charge in [-0.05, 0) is 64.0 Å². The lowest BCUT2D eigenvalue weighted by molar-refractivity contribution is 0.00578. The van der Waals surface area contributed by atoms with Gasteiger partial charge in [-0.1, -0.05) is 6.08 Å². The Kier molecular flexibility index (Phi) is 5.60. The van der Waals surface area contributed by atoms with E-state index in [9.17, 15) is 19.8 Å². The van der Waals surface area contributed by atoms with Gasteiger partial charge in [-0.2, -0.15) is 0 Å². The third-order valence-corrected chi connectivity index (χ3v) is 4.81. The van der Waals surface area contributed by atoms with Crippen LogP contribution in [0.2, 0.25) is 0 Å². The maximum Gasteiger partial charge on any atom is 0.491 e. The van der Waals surface area contributed by atoms with Gasteiger partial charge in [0, 0.05) is 6.54 Å². The van der Waals surface area contributed by atoms with Gasteiger partial charge in [-0.3, -0.25) is 0 Å². The van der Waals surface area contributed by atoms with Crippen LogP contribution in [0, 0.1) is 0 Å². The lowest BCUT2D eigenvalue weighted by atomic mass is 9.76. The summed E-state index contributed by atoms with van der Waals surface area (Å²) < 4.78 is 12.1. The lowest BCUT2D eigenvalue weighted by Crippen LogP contribution is -2.41. The molecule has 0 unspecified atom stereocenters. The largest absolute Gasteiger partial charge is 0.491 e. The smallest absolute Gasteiger partial charge is 0.478 e. The van der Waals surface area contributed by atoms with Crippen molar-refractivity contribution in [3.8, 4) is 0 Å². The molecule has 2 rings (SSSR count). The maximum absolute atomic E-state index is 11.5. The molecule has 1 aromatic rings. The predicted molar refractivity (Wildman–Crippen MR) is 98.3 cm³/mol. The number of hydrogen-bond donors (Lipinski definition) is 3. The second kappa shape index (κ2) is 7.22. The van der Waals surface area contributed by atoms with Gasteiger partial charge in [-0.25, -0.2) is 9.59 Å². The van der Waals surface area contributed by atoms with Crippen molar-refractivity contribution in [2.24, 2.45) is 0 Å². The molecule has 0 radical (unpaired) electrons. The first-order valence-electron chi connectivity index (χ1n) is 8.30. The Morgan fingerprint density at radius 1 is 1.12 bits per heavy atom. The first-order valence-corrected chi connectivity index (χ1v) is 8.30. The average molecular weight is 361 g/mol. The number of likely N-dealkylation sites (N-methyl/N-ethyl adjacent to an activating group) is 1. The van der Waals surface area contributed by atoms with E-state index in [1.807, 2.05) is 27.7 Å². The van der Waals surface area contributed by atoms with Gasteiger partial charge in [0.05, 0.1) is 22.3 Å². The van der Waals surface area contributed by atoms with Gasteiger partial charge in [0.25, 0.3) is 0 Å². The zero-order valence-corrected chi connectivity index (χ0v) is 15.6. The number of carboxylic acids is 2. The second-order valence-corrected chi connectivity index (χ2v) is 7.25. The standard InChI is InChI=1S/C18H24BNO6/c1-17(2)18(3,4)26-19(25-17)13(10-20-5)9-12-8-11(15(21)22)6-7-14(12)16(23)24/h6-9,20H,10H2,1-5H3,(H,21,22)(H,23,24). The molecule has 1 aromatic carbocycles. The SMILES string of the molecule is CNCC(=Cc1cc(C(=O)O)ccc1C(=O)O)B1OC(C)(C)C(C)(C)O1. The molecule has 1 fully saturated rings. The molecule has 26 heavy (non-hydrogen) atoms. The fourth-order valence-electron chi connectivity index (χ4n) is 2.61. The third-order valence-electron chi connectivity index (χ3n) is 4.81. The van der Waals surface area contributed by atoms with Crippen LogP contribution in [0.4, 0.5) is 0 Å². The van der Waals surface area contributed by atoms with E-state index in [2.05, 4.69) is 5.32 Å². The van der Waals surface area contributed by atoms with Crippen LogP contribution in [0.25, 0.3) is 6.08 Å². The Morgan fingerprint density at radius 2 is 1.69 bits per heavy atom. The summed E-state index contributed by atoms with van der Waals surface area (Å²) in [5, 5.41) is 21.6. The molecule has 0 atom stereocenters. The highest BCUT2D eigenvalue weighted by molar-refractivity contribution is 6.56. The number of hydrogen-bond acceptors (Lipinski definition) is 5. The van der Waals surface area contributed by atoms with Crippen molar-refractivity contribution in [3.05, 3.63) is 40.4 Å². The molecule has 0 spiro atoms. The van der Waals surface area contributed by atoms with E-state index in [0.29, 0.717) is 12.0 Å². The number of nitrogens with one attached hydrogen (secondary N) is 1. The summed E-state index contributed by atoms with van der Waals surface area (Å²) in [7, 11) is 1.09. The van der Waals surface area contributed by atoms with Gasteiger partial charge in [0.15, 0.2) is 0 Å². The minimum atomic E-state index is -1.13. The molecule has 0 bridgehead atoms. The normalized spacial score (nSPS) is 18.8. The topological polar surface area (TPSA) is 105 Å². The molecule has 1 saturated heterocycles. The van der Waals surface area contributed by atoms with Gasteiger partial charge in [0.2, 0.25) is 0 Å². The van der Waals surface area contributed by atoms with Crippen LogP contribution >= 0.6 is 0 Å². The number of aromatic carboxylic acids is 2. The summed E-state index contributed by atoms with van der Waals surface area (Å²) in [6.07, 6.45) is 1.62. The number of carboxylic acid groups (broad SMARTS) is 2. The van der Waals surface area contributed by atoms with Crippen LogP contribution in [0.5, 0.6) is 0 Å². The molecule has 0 aromatic heterocycles. The van der Waals surface area contributed by atoms with E-state index in [1.165, 1.54) is 18.2 Å². The lowest BCUT2D eigenvalue weighted by Gasteiger charge is -2.32. The molecular weight excluding hydrogens is 337 g/mol. The molecule has 0 aliphatic carbocycles. The molecular formula is C18H24BNO6. The van der Waals surface area contributed by atoms with Crippen molar-refractivity contribution in [2.75, 3.05) is 13.6 Å². The molecule has 1 aliphatic heterocycles. The summed E-state index contributed by atoms with van der Waals surface area (Å²) in [4.78, 5) is 22.8. The summed E-state index contributed by atoms with van der Waals surface area (Å²) in [5.74, 6) is -2.26. The number of carbonyl (C=O) groups is 2. The highest BCUT2D eigenvalue weighted by atomic mass is 16.7. The zero-order valence-electron chi connectivity index (χ0n) is 15.6. The van der Waals surface area contributed by atoms with Gasteiger partial charge >= 0.3 is 19.1 Å². The molecule has 7 nitrogen and oxygen atoms in total. The zero-order chi connectivity index (χ0) is 19.7. The highest BCUT2D eigenvalue weighted by Gasteiger charge is 2.52. The van der Waals surface area contributed by atoms with Crippen molar-refractivity contribution in [1.82, 2.24) is 5.32 Å². The minimum absolute atomic E-state index is 0.0129. The first-order chi connectivity index (χ1) is 12.0. The summed E-state index contributed by atoms with van der Waals surface area (Å²) in [6, 6.07) is 3.90. The number of rotatable bonds is 6. The van der Waals surface area contributed by atoms with Gasteiger partial charge < -0.3 is 24.8 Å². The predicted octanol–water partition coefficient (Wildman–Crippen LogP) is 2.32. The van der Waals surface area contributed by atoms with Gasteiger partial charge in [-0.15, -0.1) is 0 Å². The first kappa shape index (κ1) is 20.2. The summed E-state index contributed by atoms with van der Waals surface area (Å²) in [5.41, 5.74) is -0.0841. The molecule has 3 N–H and O–H groups in total. The van der Waals surface area contributed by atoms with E-state index in [-0.39, 0.29) is 16.7 Å². The van der Waals surface area contributed by atoms with E-state index in [4.69, 9.17) is 9.31 Å². The summed E-state index contributed by atoms with van der Waals surface area (Å²) >= 11 is 0. The third kappa shape index (κ3) is 3.98. The van der Waals surface area contributed by atoms with Gasteiger partial charge in [0.1, 0.15) is 0 Å². The van der Waals surface area contributed by atoms with Crippen LogP contribution < -0.4 is 5.32 Å². The highest BCUT2D eigenvalue weighted by Crippen LogP contribution is 2.38. The molecule has 0 saturated carbocycles. The fourth-order valence-corrected chi connectivity index (χ4v) is 2.61. The van der Waals surface area contributed by atoms with Crippen molar-refractivity contribution in [1.29, 1.82) is 0 Å². The Hall–Kier alpha value is -2.16. The Morgan fingerprint density at radius 3 is 2.15 bits per heavy atom. The average Bonchev–Trinajstić information content (AvgIpc) is 2.74. The van der Waals surface area contributed by atoms with E-state index >= 15 is 0 Å². The van der Waals surface area contributed by atoms with Crippen molar-refractivity contribution in [2.45, 2.75) is 38.9 Å². The molecule has 1 aliphatic rings. The molecule has 0 amide bonds. The van der Waals surface area contributed by atoms with E-state index in [1.54, 1.807) is 13.1 Å². The minimum Gasteiger partial charge on any atom is -0.478 e. The van der Waals surface area contributed by atoms with E-state index in [0.717, 1.165) is 0 Å². The second-order valence-electron chi connectivity index (χ2n) is 7.25. The Bertz CT molecular complexity index is 740. The Labute approximate surface area is 153 Å².